The highest BCUT2D eigenvalue weighted by molar-refractivity contribution is 6.30. The van der Waals surface area contributed by atoms with Crippen molar-refractivity contribution < 1.29 is 0 Å². The molecule has 0 atom stereocenters. The van der Waals surface area contributed by atoms with Crippen molar-refractivity contribution in [3.63, 3.8) is 0 Å². The van der Waals surface area contributed by atoms with E-state index in [0.29, 0.717) is 5.02 Å². The number of rotatable bonds is 1. The molecule has 0 fully saturated rings. The largest absolute Gasteiger partial charge is 0.274 e. The molecule has 0 aliphatic heterocycles. The molecule has 2 heterocycles. The van der Waals surface area contributed by atoms with E-state index >= 15 is 0 Å². The van der Waals surface area contributed by atoms with Crippen molar-refractivity contribution in [3.8, 4) is 5.69 Å². The topological polar surface area (TPSA) is 30.7 Å². The van der Waals surface area contributed by atoms with Gasteiger partial charge in [0.2, 0.25) is 0 Å². The molecule has 16 heavy (non-hydrogen) atoms. The Hall–Kier alpha value is -1.87. The van der Waals surface area contributed by atoms with Gasteiger partial charge in [-0.3, -0.25) is 4.57 Å². The maximum Gasteiger partial charge on any atom is 0.183 e. The van der Waals surface area contributed by atoms with Crippen LogP contribution < -0.4 is 0 Å². The van der Waals surface area contributed by atoms with Crippen molar-refractivity contribution in [2.24, 2.45) is 0 Å². The van der Waals surface area contributed by atoms with Crippen LogP contribution in [0.5, 0.6) is 0 Å². The van der Waals surface area contributed by atoms with Crippen LogP contribution in [0.15, 0.2) is 42.6 Å². The fourth-order valence-electron chi connectivity index (χ4n) is 1.59. The number of imidazole rings is 1. The van der Waals surface area contributed by atoms with E-state index in [4.69, 9.17) is 11.6 Å². The van der Waals surface area contributed by atoms with Crippen molar-refractivity contribution in [3.05, 3.63) is 53.9 Å². The van der Waals surface area contributed by atoms with E-state index in [1.807, 2.05) is 36.4 Å². The molecule has 0 saturated carbocycles. The van der Waals surface area contributed by atoms with E-state index in [-0.39, 0.29) is 0 Å². The van der Waals surface area contributed by atoms with Gasteiger partial charge in [-0.15, -0.1) is 0 Å². The van der Waals surface area contributed by atoms with E-state index in [0.717, 1.165) is 16.9 Å². The van der Waals surface area contributed by atoms with Crippen LogP contribution in [0.4, 0.5) is 0 Å². The van der Waals surface area contributed by atoms with Crippen molar-refractivity contribution in [1.82, 2.24) is 14.5 Å². The second-order valence-corrected chi connectivity index (χ2v) is 3.81. The summed E-state index contributed by atoms with van der Waals surface area (Å²) in [5.41, 5.74) is 2.51. The average Bonchev–Trinajstić information content (AvgIpc) is 2.72. The first-order valence-corrected chi connectivity index (χ1v) is 5.19. The first kappa shape index (κ1) is 9.36. The molecule has 1 radical (unpaired) electrons. The van der Waals surface area contributed by atoms with Gasteiger partial charge in [-0.25, -0.2) is 9.97 Å². The number of nitrogens with zero attached hydrogens (tertiary/aromatic N) is 3. The van der Waals surface area contributed by atoms with Gasteiger partial charge in [-0.2, -0.15) is 0 Å². The van der Waals surface area contributed by atoms with Crippen molar-refractivity contribution >= 4 is 22.8 Å². The first-order valence-electron chi connectivity index (χ1n) is 4.82. The fourth-order valence-corrected chi connectivity index (χ4v) is 1.78. The number of benzene rings is 1. The van der Waals surface area contributed by atoms with Crippen LogP contribution in [-0.2, 0) is 0 Å². The lowest BCUT2D eigenvalue weighted by molar-refractivity contribution is 1.05. The third-order valence-electron chi connectivity index (χ3n) is 2.31. The standard InChI is InChI=1S/C12H7ClN3/c13-9-3-1-4-10(7-9)16-8-15-11-5-2-6-14-12(11)16/h1-7H. The zero-order valence-electron chi connectivity index (χ0n) is 8.26. The number of fused-ring (bicyclic) bond motifs is 1. The molecule has 3 aromatic rings. The molecule has 2 aromatic heterocycles. The number of aromatic nitrogens is 3. The zero-order valence-corrected chi connectivity index (χ0v) is 9.02. The highest BCUT2D eigenvalue weighted by atomic mass is 35.5. The Labute approximate surface area is 97.3 Å². The molecule has 1 aromatic carbocycles. The molecular formula is C12H7ClN3. The molecule has 0 aliphatic rings. The molecule has 3 rings (SSSR count). The van der Waals surface area contributed by atoms with Gasteiger partial charge in [-0.05, 0) is 30.3 Å². The van der Waals surface area contributed by atoms with Crippen LogP contribution in [0.3, 0.4) is 0 Å². The van der Waals surface area contributed by atoms with Gasteiger partial charge in [0.1, 0.15) is 5.52 Å². The third-order valence-corrected chi connectivity index (χ3v) is 2.55. The van der Waals surface area contributed by atoms with E-state index in [9.17, 15) is 0 Å². The summed E-state index contributed by atoms with van der Waals surface area (Å²) in [7, 11) is 0. The van der Waals surface area contributed by atoms with Crippen molar-refractivity contribution in [2.75, 3.05) is 0 Å². The Kier molecular flexibility index (Phi) is 2.11. The van der Waals surface area contributed by atoms with E-state index in [1.54, 1.807) is 10.8 Å². The second-order valence-electron chi connectivity index (χ2n) is 3.37. The predicted octanol–water partition coefficient (Wildman–Crippen LogP) is 2.87. The Morgan fingerprint density at radius 2 is 2.12 bits per heavy atom. The third kappa shape index (κ3) is 1.46. The Morgan fingerprint density at radius 3 is 3.00 bits per heavy atom. The van der Waals surface area contributed by atoms with Crippen LogP contribution >= 0.6 is 11.6 Å². The summed E-state index contributed by atoms with van der Waals surface area (Å²) < 4.78 is 1.79. The Morgan fingerprint density at radius 1 is 1.19 bits per heavy atom. The summed E-state index contributed by atoms with van der Waals surface area (Å²) in [6, 6.07) is 11.3. The summed E-state index contributed by atoms with van der Waals surface area (Å²) in [4.78, 5) is 8.43. The molecular weight excluding hydrogens is 222 g/mol. The minimum Gasteiger partial charge on any atom is -0.274 e. The highest BCUT2D eigenvalue weighted by Crippen LogP contribution is 2.18. The molecule has 0 spiro atoms. The summed E-state index contributed by atoms with van der Waals surface area (Å²) in [6.07, 6.45) is 4.64. The highest BCUT2D eigenvalue weighted by Gasteiger charge is 2.05. The maximum absolute atomic E-state index is 5.94. The molecule has 0 saturated heterocycles. The fraction of sp³-hybridized carbons (Fsp3) is 0. The lowest BCUT2D eigenvalue weighted by atomic mass is 10.3. The van der Waals surface area contributed by atoms with Crippen LogP contribution in [0.2, 0.25) is 5.02 Å². The number of hydrogen-bond acceptors (Lipinski definition) is 2. The molecule has 3 nitrogen and oxygen atoms in total. The maximum atomic E-state index is 5.94. The second kappa shape index (κ2) is 3.61. The van der Waals surface area contributed by atoms with Gasteiger partial charge in [0, 0.05) is 11.2 Å². The van der Waals surface area contributed by atoms with E-state index in [1.165, 1.54) is 0 Å². The molecule has 0 unspecified atom stereocenters. The van der Waals surface area contributed by atoms with Crippen molar-refractivity contribution in [1.29, 1.82) is 0 Å². The van der Waals surface area contributed by atoms with Gasteiger partial charge in [0.05, 0.1) is 5.69 Å². The number of halogens is 1. The molecule has 0 amide bonds. The molecule has 0 bridgehead atoms. The number of hydrogen-bond donors (Lipinski definition) is 0. The van der Waals surface area contributed by atoms with Gasteiger partial charge >= 0.3 is 0 Å². The summed E-state index contributed by atoms with van der Waals surface area (Å²) >= 11 is 5.94. The summed E-state index contributed by atoms with van der Waals surface area (Å²) in [5.74, 6) is 0. The summed E-state index contributed by atoms with van der Waals surface area (Å²) in [5, 5.41) is 0.684. The SMILES string of the molecule is Clc1cccc(-n2[c]nc3cccnc32)c1. The van der Waals surface area contributed by atoms with Crippen LogP contribution in [0, 0.1) is 6.33 Å². The Balaban J connectivity index is 2.26. The van der Waals surface area contributed by atoms with Gasteiger partial charge in [0.15, 0.2) is 12.0 Å². The Bertz CT molecular complexity index is 645. The minimum absolute atomic E-state index is 0.684. The smallest absolute Gasteiger partial charge is 0.183 e. The quantitative estimate of drug-likeness (QED) is 0.641. The van der Waals surface area contributed by atoms with Crippen LogP contribution in [-0.4, -0.2) is 14.5 Å². The van der Waals surface area contributed by atoms with E-state index in [2.05, 4.69) is 16.3 Å². The predicted molar refractivity (Wildman–Crippen MR) is 62.7 cm³/mol. The number of pyridine rings is 1. The monoisotopic (exact) mass is 228 g/mol. The van der Waals surface area contributed by atoms with Crippen molar-refractivity contribution in [2.45, 2.75) is 0 Å². The molecule has 77 valence electrons. The minimum atomic E-state index is 0.684. The lowest BCUT2D eigenvalue weighted by Crippen LogP contribution is -1.93. The van der Waals surface area contributed by atoms with Gasteiger partial charge < -0.3 is 0 Å². The average molecular weight is 229 g/mol. The molecule has 4 heteroatoms. The molecule has 0 aliphatic carbocycles. The summed E-state index contributed by atoms with van der Waals surface area (Å²) in [6.45, 7) is 0. The zero-order chi connectivity index (χ0) is 11.0. The molecule has 0 N–H and O–H groups in total. The normalized spacial score (nSPS) is 10.8. The van der Waals surface area contributed by atoms with Crippen LogP contribution in [0.1, 0.15) is 0 Å². The van der Waals surface area contributed by atoms with Gasteiger partial charge in [-0.1, -0.05) is 17.7 Å². The first-order chi connectivity index (χ1) is 7.84. The van der Waals surface area contributed by atoms with E-state index < -0.39 is 0 Å². The van der Waals surface area contributed by atoms with Crippen LogP contribution in [0.25, 0.3) is 16.9 Å². The van der Waals surface area contributed by atoms with Gasteiger partial charge in [0.25, 0.3) is 0 Å². The lowest BCUT2D eigenvalue weighted by Gasteiger charge is -2.02.